The predicted molar refractivity (Wildman–Crippen MR) is 68.8 cm³/mol. The molecule has 18 heavy (non-hydrogen) atoms. The number of hydrogen-bond donors (Lipinski definition) is 1. The summed E-state index contributed by atoms with van der Waals surface area (Å²) in [5.41, 5.74) is -0.798. The van der Waals surface area contributed by atoms with Crippen LogP contribution >= 0.6 is 15.9 Å². The number of aromatic nitrogens is 2. The summed E-state index contributed by atoms with van der Waals surface area (Å²) in [7, 11) is 1.32. The number of aliphatic carboxylic acids is 1. The van der Waals surface area contributed by atoms with Gasteiger partial charge in [-0.15, -0.1) is 0 Å². The van der Waals surface area contributed by atoms with Gasteiger partial charge in [0.2, 0.25) is 0 Å². The van der Waals surface area contributed by atoms with E-state index >= 15 is 0 Å². The normalized spacial score (nSPS) is 10.8. The van der Waals surface area contributed by atoms with Crippen molar-refractivity contribution >= 4 is 32.8 Å². The number of carboxylic acids is 1. The standard InChI is InChI=1S/C11H9BrN2O4/c1-13-10(17)6-3-2-4-7(12)9(6)14(11(13)18)5-8(15)16/h2-4H,5H2,1H3,(H,15,16). The number of para-hydroxylation sites is 1. The molecule has 6 nitrogen and oxygen atoms in total. The summed E-state index contributed by atoms with van der Waals surface area (Å²) in [6.07, 6.45) is 0. The molecule has 1 aromatic heterocycles. The summed E-state index contributed by atoms with van der Waals surface area (Å²) in [6.45, 7) is -0.494. The number of benzene rings is 1. The molecule has 1 aromatic carbocycles. The van der Waals surface area contributed by atoms with Gasteiger partial charge in [0, 0.05) is 11.5 Å². The Morgan fingerprint density at radius 1 is 1.39 bits per heavy atom. The van der Waals surface area contributed by atoms with Gasteiger partial charge in [-0.25, -0.2) is 4.79 Å². The quantitative estimate of drug-likeness (QED) is 0.878. The average molecular weight is 313 g/mol. The summed E-state index contributed by atoms with van der Waals surface area (Å²) in [5, 5.41) is 9.14. The molecule has 0 spiro atoms. The van der Waals surface area contributed by atoms with Crippen LogP contribution in [-0.4, -0.2) is 20.2 Å². The van der Waals surface area contributed by atoms with Crippen LogP contribution in [-0.2, 0) is 18.4 Å². The molecule has 0 aliphatic carbocycles. The highest BCUT2D eigenvalue weighted by atomic mass is 79.9. The van der Waals surface area contributed by atoms with Gasteiger partial charge in [0.15, 0.2) is 0 Å². The number of hydrogen-bond acceptors (Lipinski definition) is 3. The summed E-state index contributed by atoms with van der Waals surface area (Å²) in [5.74, 6) is -1.15. The van der Waals surface area contributed by atoms with Crippen LogP contribution in [0.3, 0.4) is 0 Å². The topological polar surface area (TPSA) is 81.3 Å². The zero-order valence-corrected chi connectivity index (χ0v) is 11.0. The van der Waals surface area contributed by atoms with Crippen LogP contribution in [0.5, 0.6) is 0 Å². The second kappa shape index (κ2) is 4.41. The van der Waals surface area contributed by atoms with Crippen LogP contribution in [0.1, 0.15) is 0 Å². The monoisotopic (exact) mass is 312 g/mol. The molecule has 94 valence electrons. The highest BCUT2D eigenvalue weighted by Gasteiger charge is 2.14. The van der Waals surface area contributed by atoms with Crippen molar-refractivity contribution in [2.75, 3.05) is 0 Å². The Kier molecular flexibility index (Phi) is 3.08. The van der Waals surface area contributed by atoms with E-state index in [1.807, 2.05) is 0 Å². The van der Waals surface area contributed by atoms with E-state index in [1.54, 1.807) is 18.2 Å². The summed E-state index contributed by atoms with van der Waals surface area (Å²) >= 11 is 3.23. The number of carboxylic acid groups (broad SMARTS) is 1. The van der Waals surface area contributed by atoms with Crippen LogP contribution in [0.2, 0.25) is 0 Å². The molecule has 0 aliphatic rings. The van der Waals surface area contributed by atoms with E-state index < -0.39 is 23.8 Å². The summed E-state index contributed by atoms with van der Waals surface area (Å²) < 4.78 is 2.47. The van der Waals surface area contributed by atoms with Crippen molar-refractivity contribution < 1.29 is 9.90 Å². The molecule has 2 aromatic rings. The summed E-state index contributed by atoms with van der Waals surface area (Å²) in [4.78, 5) is 34.7. The molecule has 0 bridgehead atoms. The molecule has 0 saturated carbocycles. The maximum Gasteiger partial charge on any atom is 0.331 e. The van der Waals surface area contributed by atoms with Gasteiger partial charge in [0.1, 0.15) is 6.54 Å². The third kappa shape index (κ3) is 1.86. The van der Waals surface area contributed by atoms with Crippen LogP contribution in [0.15, 0.2) is 32.3 Å². The first-order chi connectivity index (χ1) is 8.43. The number of rotatable bonds is 2. The van der Waals surface area contributed by atoms with Gasteiger partial charge in [-0.05, 0) is 28.1 Å². The van der Waals surface area contributed by atoms with Crippen molar-refractivity contribution in [3.8, 4) is 0 Å². The Morgan fingerprint density at radius 2 is 2.06 bits per heavy atom. The van der Waals surface area contributed by atoms with E-state index in [0.29, 0.717) is 15.4 Å². The number of fused-ring (bicyclic) bond motifs is 1. The van der Waals surface area contributed by atoms with E-state index in [0.717, 1.165) is 9.13 Å². The zero-order valence-electron chi connectivity index (χ0n) is 9.38. The molecule has 1 N–H and O–H groups in total. The van der Waals surface area contributed by atoms with E-state index in [-0.39, 0.29) is 0 Å². The zero-order chi connectivity index (χ0) is 13.4. The molecule has 0 saturated heterocycles. The molecule has 0 atom stereocenters. The van der Waals surface area contributed by atoms with Crippen LogP contribution in [0, 0.1) is 0 Å². The fraction of sp³-hybridized carbons (Fsp3) is 0.182. The maximum atomic E-state index is 11.9. The Labute approximate surface area is 109 Å². The average Bonchev–Trinajstić information content (AvgIpc) is 2.31. The van der Waals surface area contributed by atoms with Crippen molar-refractivity contribution in [3.05, 3.63) is 43.5 Å². The van der Waals surface area contributed by atoms with Gasteiger partial charge in [-0.2, -0.15) is 0 Å². The fourth-order valence-electron chi connectivity index (χ4n) is 1.79. The van der Waals surface area contributed by atoms with Crippen molar-refractivity contribution in [3.63, 3.8) is 0 Å². The van der Waals surface area contributed by atoms with Crippen molar-refractivity contribution in [2.24, 2.45) is 7.05 Å². The first-order valence-electron chi connectivity index (χ1n) is 5.03. The number of halogens is 1. The van der Waals surface area contributed by atoms with Gasteiger partial charge in [0.05, 0.1) is 10.9 Å². The van der Waals surface area contributed by atoms with Crippen molar-refractivity contribution in [2.45, 2.75) is 6.54 Å². The second-order valence-electron chi connectivity index (χ2n) is 3.76. The van der Waals surface area contributed by atoms with Gasteiger partial charge < -0.3 is 5.11 Å². The lowest BCUT2D eigenvalue weighted by Gasteiger charge is -2.11. The third-order valence-electron chi connectivity index (χ3n) is 2.60. The van der Waals surface area contributed by atoms with E-state index in [2.05, 4.69) is 15.9 Å². The van der Waals surface area contributed by atoms with Gasteiger partial charge >= 0.3 is 11.7 Å². The Hall–Kier alpha value is -1.89. The Balaban J connectivity index is 3.04. The van der Waals surface area contributed by atoms with Crippen molar-refractivity contribution in [1.29, 1.82) is 0 Å². The molecule has 0 amide bonds. The first-order valence-corrected chi connectivity index (χ1v) is 5.82. The Bertz CT molecular complexity index is 760. The highest BCUT2D eigenvalue weighted by Crippen LogP contribution is 2.20. The van der Waals surface area contributed by atoms with E-state index in [1.165, 1.54) is 7.05 Å². The minimum absolute atomic E-state index is 0.299. The third-order valence-corrected chi connectivity index (χ3v) is 3.24. The molecule has 1 heterocycles. The second-order valence-corrected chi connectivity index (χ2v) is 4.62. The van der Waals surface area contributed by atoms with Gasteiger partial charge in [-0.3, -0.25) is 18.7 Å². The molecule has 0 fully saturated rings. The fourth-order valence-corrected chi connectivity index (χ4v) is 2.37. The lowest BCUT2D eigenvalue weighted by molar-refractivity contribution is -0.137. The highest BCUT2D eigenvalue weighted by molar-refractivity contribution is 9.10. The lowest BCUT2D eigenvalue weighted by atomic mass is 10.2. The van der Waals surface area contributed by atoms with E-state index in [9.17, 15) is 14.4 Å². The first kappa shape index (κ1) is 12.6. The summed E-state index contributed by atoms with van der Waals surface area (Å²) in [6, 6.07) is 4.86. The van der Waals surface area contributed by atoms with Crippen LogP contribution in [0.25, 0.3) is 10.9 Å². The largest absolute Gasteiger partial charge is 0.480 e. The maximum absolute atomic E-state index is 11.9. The molecule has 0 radical (unpaired) electrons. The molecule has 7 heteroatoms. The lowest BCUT2D eigenvalue weighted by Crippen LogP contribution is -2.39. The van der Waals surface area contributed by atoms with E-state index in [4.69, 9.17) is 5.11 Å². The predicted octanol–water partition coefficient (Wildman–Crippen LogP) is 0.547. The molecular formula is C11H9BrN2O4. The van der Waals surface area contributed by atoms with Crippen molar-refractivity contribution in [1.82, 2.24) is 9.13 Å². The molecule has 2 rings (SSSR count). The number of nitrogens with zero attached hydrogens (tertiary/aromatic N) is 2. The smallest absolute Gasteiger partial charge is 0.331 e. The molecular weight excluding hydrogens is 304 g/mol. The molecule has 0 unspecified atom stereocenters. The van der Waals surface area contributed by atoms with Gasteiger partial charge in [-0.1, -0.05) is 6.07 Å². The van der Waals surface area contributed by atoms with Crippen LogP contribution in [0.4, 0.5) is 0 Å². The minimum Gasteiger partial charge on any atom is -0.480 e. The minimum atomic E-state index is -1.15. The van der Waals surface area contributed by atoms with Gasteiger partial charge in [0.25, 0.3) is 5.56 Å². The Morgan fingerprint density at radius 3 is 2.67 bits per heavy atom. The van der Waals surface area contributed by atoms with Crippen LogP contribution < -0.4 is 11.2 Å². The SMILES string of the molecule is Cn1c(=O)c2cccc(Br)c2n(CC(=O)O)c1=O. The number of carbonyl (C=O) groups is 1. The molecule has 0 aliphatic heterocycles.